The van der Waals surface area contributed by atoms with E-state index in [-0.39, 0.29) is 30.6 Å². The van der Waals surface area contributed by atoms with E-state index in [1.807, 2.05) is 44.2 Å². The van der Waals surface area contributed by atoms with Crippen molar-refractivity contribution in [2.75, 3.05) is 17.1 Å². The predicted octanol–water partition coefficient (Wildman–Crippen LogP) is 6.28. The van der Waals surface area contributed by atoms with Crippen molar-refractivity contribution >= 4 is 62.3 Å². The fraction of sp³-hybridized carbons (Fsp3) is 0.333. The summed E-state index contributed by atoms with van der Waals surface area (Å²) in [6.07, 6.45) is 1.94. The fourth-order valence-electron chi connectivity index (χ4n) is 4.28. The molecule has 0 heterocycles. The number of amides is 2. The van der Waals surface area contributed by atoms with Crippen molar-refractivity contribution in [3.05, 3.63) is 98.5 Å². The van der Waals surface area contributed by atoms with Gasteiger partial charge in [-0.05, 0) is 61.2 Å². The van der Waals surface area contributed by atoms with E-state index in [1.165, 1.54) is 11.0 Å². The lowest BCUT2D eigenvalue weighted by molar-refractivity contribution is -0.140. The van der Waals surface area contributed by atoms with E-state index in [1.54, 1.807) is 37.3 Å². The van der Waals surface area contributed by atoms with Crippen molar-refractivity contribution in [3.63, 3.8) is 0 Å². The second kappa shape index (κ2) is 14.4. The third-order valence-electron chi connectivity index (χ3n) is 6.73. The van der Waals surface area contributed by atoms with Crippen LogP contribution >= 0.6 is 34.8 Å². The van der Waals surface area contributed by atoms with Crippen LogP contribution in [0.15, 0.2) is 66.7 Å². The number of carbonyl (C=O) groups excluding carboxylic acids is 2. The Morgan fingerprint density at radius 2 is 1.61 bits per heavy atom. The van der Waals surface area contributed by atoms with Crippen LogP contribution in [0.4, 0.5) is 5.69 Å². The average Bonchev–Trinajstić information content (AvgIpc) is 2.92. The first-order chi connectivity index (χ1) is 19.3. The van der Waals surface area contributed by atoms with E-state index >= 15 is 0 Å². The first kappa shape index (κ1) is 32.7. The maximum Gasteiger partial charge on any atom is 0.244 e. The molecule has 0 saturated carbocycles. The number of carbonyl (C=O) groups is 2. The molecule has 11 heteroatoms. The van der Waals surface area contributed by atoms with E-state index < -0.39 is 28.5 Å². The van der Waals surface area contributed by atoms with Gasteiger partial charge in [0.2, 0.25) is 21.8 Å². The lowest BCUT2D eigenvalue weighted by Crippen LogP contribution is -2.54. The van der Waals surface area contributed by atoms with Gasteiger partial charge < -0.3 is 10.2 Å². The fourth-order valence-corrected chi connectivity index (χ4v) is 5.66. The highest BCUT2D eigenvalue weighted by molar-refractivity contribution is 7.92. The summed E-state index contributed by atoms with van der Waals surface area (Å²) >= 11 is 18.6. The molecule has 3 rings (SSSR count). The molecule has 1 N–H and O–H groups in total. The molecular formula is C30H34Cl3N3O4S. The molecule has 3 aromatic carbocycles. The molecule has 0 radical (unpaired) electrons. The highest BCUT2D eigenvalue weighted by atomic mass is 35.5. The SMILES string of the molecule is CC[C@@H](C)NC(=O)[C@H](Cc1ccccc1)N(Cc1ccc(Cl)c(Cl)c1)C(=O)CN(c1cc(Cl)ccc1C)S(C)(=O)=O. The number of nitrogens with one attached hydrogen (secondary N) is 1. The molecular weight excluding hydrogens is 605 g/mol. The maximum atomic E-state index is 14.2. The summed E-state index contributed by atoms with van der Waals surface area (Å²) in [4.78, 5) is 29.3. The van der Waals surface area contributed by atoms with E-state index in [2.05, 4.69) is 5.32 Å². The van der Waals surface area contributed by atoms with Gasteiger partial charge in [0.1, 0.15) is 12.6 Å². The minimum absolute atomic E-state index is 0.00667. The van der Waals surface area contributed by atoms with Crippen molar-refractivity contribution in [1.82, 2.24) is 10.2 Å². The minimum Gasteiger partial charge on any atom is -0.352 e. The third-order valence-corrected chi connectivity index (χ3v) is 8.83. The molecule has 0 unspecified atom stereocenters. The Bertz CT molecular complexity index is 1490. The summed E-state index contributed by atoms with van der Waals surface area (Å²) in [5.74, 6) is -0.914. The van der Waals surface area contributed by atoms with Crippen LogP contribution in [0.5, 0.6) is 0 Å². The molecule has 0 aliphatic rings. The van der Waals surface area contributed by atoms with Gasteiger partial charge in [0.25, 0.3) is 0 Å². The maximum absolute atomic E-state index is 14.2. The van der Waals surface area contributed by atoms with Gasteiger partial charge in [-0.3, -0.25) is 13.9 Å². The van der Waals surface area contributed by atoms with E-state index in [9.17, 15) is 18.0 Å². The summed E-state index contributed by atoms with van der Waals surface area (Å²) in [5, 5.41) is 3.97. The summed E-state index contributed by atoms with van der Waals surface area (Å²) in [5.41, 5.74) is 2.38. The molecule has 220 valence electrons. The van der Waals surface area contributed by atoms with Crippen LogP contribution < -0.4 is 9.62 Å². The van der Waals surface area contributed by atoms with E-state index in [0.717, 1.165) is 16.1 Å². The van der Waals surface area contributed by atoms with Gasteiger partial charge in [0.15, 0.2) is 0 Å². The molecule has 0 spiro atoms. The van der Waals surface area contributed by atoms with Gasteiger partial charge >= 0.3 is 0 Å². The highest BCUT2D eigenvalue weighted by Gasteiger charge is 2.34. The standard InChI is InChI=1S/C30H34Cl3N3O4S/c1-5-21(3)34-30(38)28(16-22-9-7-6-8-10-22)35(18-23-12-14-25(32)26(33)15-23)29(37)19-36(41(4,39)40)27-17-24(31)13-11-20(27)2/h6-15,17,21,28H,5,16,18-19H2,1-4H3,(H,34,38)/t21-,28+/m1/s1. The molecule has 2 amide bonds. The summed E-state index contributed by atoms with van der Waals surface area (Å²) in [6, 6.07) is 18.1. The van der Waals surface area contributed by atoms with Crippen LogP contribution in [-0.4, -0.2) is 50.0 Å². The molecule has 7 nitrogen and oxygen atoms in total. The summed E-state index contributed by atoms with van der Waals surface area (Å²) < 4.78 is 27.0. The lowest BCUT2D eigenvalue weighted by atomic mass is 10.0. The Morgan fingerprint density at radius 1 is 0.927 bits per heavy atom. The quantitative estimate of drug-likeness (QED) is 0.253. The van der Waals surface area contributed by atoms with Crippen LogP contribution in [0.2, 0.25) is 15.1 Å². The second-order valence-corrected chi connectivity index (χ2v) is 13.2. The Kier molecular flexibility index (Phi) is 11.5. The number of nitrogens with zero attached hydrogens (tertiary/aromatic N) is 2. The smallest absolute Gasteiger partial charge is 0.244 e. The van der Waals surface area contributed by atoms with Crippen LogP contribution in [-0.2, 0) is 32.6 Å². The van der Waals surface area contributed by atoms with Crippen molar-refractivity contribution < 1.29 is 18.0 Å². The summed E-state index contributed by atoms with van der Waals surface area (Å²) in [6.45, 7) is 5.03. The molecule has 3 aromatic rings. The monoisotopic (exact) mass is 637 g/mol. The highest BCUT2D eigenvalue weighted by Crippen LogP contribution is 2.28. The normalized spacial score (nSPS) is 12.9. The molecule has 2 atom stereocenters. The molecule has 0 bridgehead atoms. The first-order valence-corrected chi connectivity index (χ1v) is 16.1. The average molecular weight is 639 g/mol. The molecule has 41 heavy (non-hydrogen) atoms. The van der Waals surface area contributed by atoms with E-state index in [4.69, 9.17) is 34.8 Å². The van der Waals surface area contributed by atoms with Crippen molar-refractivity contribution in [2.24, 2.45) is 0 Å². The zero-order chi connectivity index (χ0) is 30.3. The molecule has 0 fully saturated rings. The largest absolute Gasteiger partial charge is 0.352 e. The van der Waals surface area contributed by atoms with Gasteiger partial charge in [-0.15, -0.1) is 0 Å². The molecule has 0 aromatic heterocycles. The van der Waals surface area contributed by atoms with Gasteiger partial charge in [-0.25, -0.2) is 8.42 Å². The number of benzene rings is 3. The number of anilines is 1. The van der Waals surface area contributed by atoms with Crippen molar-refractivity contribution in [1.29, 1.82) is 0 Å². The number of halogens is 3. The van der Waals surface area contributed by atoms with Gasteiger partial charge in [-0.1, -0.05) is 84.2 Å². The zero-order valence-electron chi connectivity index (χ0n) is 23.4. The number of rotatable bonds is 12. The zero-order valence-corrected chi connectivity index (χ0v) is 26.5. The second-order valence-electron chi connectivity index (χ2n) is 9.99. The first-order valence-electron chi connectivity index (χ1n) is 13.1. The van der Waals surface area contributed by atoms with E-state index in [0.29, 0.717) is 32.6 Å². The lowest BCUT2D eigenvalue weighted by Gasteiger charge is -2.34. The Morgan fingerprint density at radius 3 is 2.22 bits per heavy atom. The number of hydrogen-bond donors (Lipinski definition) is 1. The molecule has 0 aliphatic heterocycles. The van der Waals surface area contributed by atoms with Crippen molar-refractivity contribution in [2.45, 2.75) is 52.2 Å². The minimum atomic E-state index is -3.91. The van der Waals surface area contributed by atoms with Gasteiger partial charge in [0, 0.05) is 24.0 Å². The van der Waals surface area contributed by atoms with Crippen LogP contribution in [0, 0.1) is 6.92 Å². The van der Waals surface area contributed by atoms with Gasteiger partial charge in [-0.2, -0.15) is 0 Å². The third kappa shape index (κ3) is 9.10. The molecule has 0 saturated heterocycles. The van der Waals surface area contributed by atoms with Crippen LogP contribution in [0.25, 0.3) is 0 Å². The Labute approximate surface area is 257 Å². The van der Waals surface area contributed by atoms with Crippen LogP contribution in [0.1, 0.15) is 37.0 Å². The Hall–Kier alpha value is -2.78. The van der Waals surface area contributed by atoms with Crippen molar-refractivity contribution in [3.8, 4) is 0 Å². The Balaban J connectivity index is 2.11. The number of sulfonamides is 1. The predicted molar refractivity (Wildman–Crippen MR) is 167 cm³/mol. The number of hydrogen-bond acceptors (Lipinski definition) is 4. The topological polar surface area (TPSA) is 86.8 Å². The number of aryl methyl sites for hydroxylation is 1. The van der Waals surface area contributed by atoms with Gasteiger partial charge in [0.05, 0.1) is 22.0 Å². The summed E-state index contributed by atoms with van der Waals surface area (Å²) in [7, 11) is -3.91. The molecule has 0 aliphatic carbocycles. The van der Waals surface area contributed by atoms with Crippen LogP contribution in [0.3, 0.4) is 0 Å².